The fourth-order valence-corrected chi connectivity index (χ4v) is 2.88. The lowest BCUT2D eigenvalue weighted by atomic mass is 10.2. The maximum atomic E-state index is 11.8. The minimum Gasteiger partial charge on any atom is -0.492 e. The normalized spacial score (nSPS) is 10.8. The van der Waals surface area contributed by atoms with Crippen molar-refractivity contribution in [3.8, 4) is 5.75 Å². The van der Waals surface area contributed by atoms with Crippen LogP contribution in [0.15, 0.2) is 56.5 Å². The average molecular weight is 468 g/mol. The third-order valence-corrected chi connectivity index (χ3v) is 4.63. The molecule has 132 valence electrons. The Kier molecular flexibility index (Phi) is 8.15. The molecule has 0 radical (unpaired) electrons. The highest BCUT2D eigenvalue weighted by molar-refractivity contribution is 9.10. The van der Waals surface area contributed by atoms with Crippen molar-refractivity contribution in [3.05, 3.63) is 62.5 Å². The summed E-state index contributed by atoms with van der Waals surface area (Å²) >= 11 is 6.87. The number of hydrazone groups is 1. The number of rotatable bonds is 8. The topological polar surface area (TPSA) is 50.7 Å². The number of hydrogen-bond donors (Lipinski definition) is 1. The zero-order valence-electron chi connectivity index (χ0n) is 14.0. The third-order valence-electron chi connectivity index (χ3n) is 3.48. The number of carbonyl (C=O) groups is 1. The largest absolute Gasteiger partial charge is 0.492 e. The molecule has 0 saturated heterocycles. The van der Waals surface area contributed by atoms with Crippen LogP contribution < -0.4 is 10.2 Å². The maximum absolute atomic E-state index is 11.8. The molecule has 2 aromatic carbocycles. The van der Waals surface area contributed by atoms with E-state index in [4.69, 9.17) is 4.74 Å². The first-order valence-electron chi connectivity index (χ1n) is 8.07. The number of nitrogens with one attached hydrogen (secondary N) is 1. The van der Waals surface area contributed by atoms with Gasteiger partial charge in [-0.1, -0.05) is 41.1 Å². The molecule has 2 rings (SSSR count). The van der Waals surface area contributed by atoms with Crippen LogP contribution in [0.4, 0.5) is 0 Å². The van der Waals surface area contributed by atoms with Gasteiger partial charge in [0.05, 0.1) is 17.3 Å². The number of amides is 1. The quantitative estimate of drug-likeness (QED) is 0.334. The molecule has 0 aliphatic rings. The van der Waals surface area contributed by atoms with Crippen LogP contribution in [0.5, 0.6) is 5.75 Å². The van der Waals surface area contributed by atoms with E-state index in [-0.39, 0.29) is 5.91 Å². The molecule has 0 fully saturated rings. The Morgan fingerprint density at radius 2 is 1.96 bits per heavy atom. The third kappa shape index (κ3) is 7.00. The van der Waals surface area contributed by atoms with E-state index in [1.165, 1.54) is 5.56 Å². The highest BCUT2D eigenvalue weighted by atomic mass is 79.9. The summed E-state index contributed by atoms with van der Waals surface area (Å²) in [7, 11) is 0. The van der Waals surface area contributed by atoms with Gasteiger partial charge in [-0.05, 0) is 64.2 Å². The van der Waals surface area contributed by atoms with Gasteiger partial charge in [-0.15, -0.1) is 0 Å². The molecule has 4 nitrogen and oxygen atoms in total. The van der Waals surface area contributed by atoms with Gasteiger partial charge >= 0.3 is 0 Å². The Labute approximate surface area is 164 Å². The summed E-state index contributed by atoms with van der Waals surface area (Å²) < 4.78 is 7.65. The number of halogens is 2. The first-order valence-corrected chi connectivity index (χ1v) is 9.65. The molecule has 6 heteroatoms. The molecule has 0 aliphatic carbocycles. The molecule has 0 unspecified atom stereocenters. The summed E-state index contributed by atoms with van der Waals surface area (Å²) in [6.07, 6.45) is 3.59. The summed E-state index contributed by atoms with van der Waals surface area (Å²) in [5.74, 6) is 0.670. The fraction of sp³-hybridized carbons (Fsp3) is 0.263. The first kappa shape index (κ1) is 19.7. The summed E-state index contributed by atoms with van der Waals surface area (Å²) in [6, 6.07) is 13.7. The van der Waals surface area contributed by atoms with E-state index in [2.05, 4.69) is 55.4 Å². The molecule has 2 aromatic rings. The van der Waals surface area contributed by atoms with Crippen LogP contribution in [0.25, 0.3) is 0 Å². The molecule has 0 bridgehead atoms. The number of benzene rings is 2. The zero-order valence-corrected chi connectivity index (χ0v) is 17.1. The molecule has 0 aliphatic heterocycles. The molecule has 0 heterocycles. The van der Waals surface area contributed by atoms with Gasteiger partial charge in [-0.25, -0.2) is 5.43 Å². The van der Waals surface area contributed by atoms with Gasteiger partial charge in [-0.3, -0.25) is 4.79 Å². The number of hydrogen-bond acceptors (Lipinski definition) is 3. The molecular formula is C19H20Br2N2O2. The monoisotopic (exact) mass is 466 g/mol. The summed E-state index contributed by atoms with van der Waals surface area (Å²) in [4.78, 5) is 11.8. The van der Waals surface area contributed by atoms with Crippen molar-refractivity contribution in [2.24, 2.45) is 5.10 Å². The lowest BCUT2D eigenvalue weighted by molar-refractivity contribution is -0.121. The number of carbonyl (C=O) groups excluding carboxylic acids is 1. The molecule has 1 amide bonds. The van der Waals surface area contributed by atoms with Crippen LogP contribution >= 0.6 is 31.9 Å². The van der Waals surface area contributed by atoms with E-state index >= 15 is 0 Å². The zero-order chi connectivity index (χ0) is 18.1. The van der Waals surface area contributed by atoms with Crippen LogP contribution in [-0.2, 0) is 11.2 Å². The lowest BCUT2D eigenvalue weighted by Crippen LogP contribution is -2.18. The number of ether oxygens (including phenoxy) is 1. The molecular weight excluding hydrogens is 448 g/mol. The van der Waals surface area contributed by atoms with E-state index in [0.717, 1.165) is 26.7 Å². The van der Waals surface area contributed by atoms with Gasteiger partial charge < -0.3 is 4.74 Å². The lowest BCUT2D eigenvalue weighted by Gasteiger charge is -2.09. The highest BCUT2D eigenvalue weighted by Gasteiger charge is 2.04. The van der Waals surface area contributed by atoms with Crippen molar-refractivity contribution >= 4 is 44.0 Å². The summed E-state index contributed by atoms with van der Waals surface area (Å²) in [5.41, 5.74) is 4.70. The van der Waals surface area contributed by atoms with Gasteiger partial charge in [0.2, 0.25) is 5.91 Å². The van der Waals surface area contributed by atoms with E-state index in [1.54, 1.807) is 6.21 Å². The van der Waals surface area contributed by atoms with Crippen molar-refractivity contribution < 1.29 is 9.53 Å². The van der Waals surface area contributed by atoms with Crippen molar-refractivity contribution in [2.45, 2.75) is 26.2 Å². The molecule has 0 spiro atoms. The van der Waals surface area contributed by atoms with Crippen LogP contribution in [0, 0.1) is 0 Å². The Hall–Kier alpha value is -1.66. The summed E-state index contributed by atoms with van der Waals surface area (Å²) in [6.45, 7) is 2.59. The van der Waals surface area contributed by atoms with Crippen LogP contribution in [0.3, 0.4) is 0 Å². The van der Waals surface area contributed by atoms with Crippen molar-refractivity contribution in [1.82, 2.24) is 5.43 Å². The predicted molar refractivity (Wildman–Crippen MR) is 108 cm³/mol. The fourth-order valence-electron chi connectivity index (χ4n) is 2.08. The number of aryl methyl sites for hydroxylation is 1. The summed E-state index contributed by atoms with van der Waals surface area (Å²) in [5, 5.41) is 3.95. The molecule has 0 atom stereocenters. The van der Waals surface area contributed by atoms with Crippen LogP contribution in [0.1, 0.15) is 30.9 Å². The van der Waals surface area contributed by atoms with Gasteiger partial charge in [0, 0.05) is 10.9 Å². The Bertz CT molecular complexity index is 731. The number of nitrogens with zero attached hydrogens (tertiary/aromatic N) is 1. The van der Waals surface area contributed by atoms with E-state index < -0.39 is 0 Å². The highest BCUT2D eigenvalue weighted by Crippen LogP contribution is 2.26. The van der Waals surface area contributed by atoms with Crippen molar-refractivity contribution in [1.29, 1.82) is 0 Å². The van der Waals surface area contributed by atoms with Gasteiger partial charge in [0.1, 0.15) is 5.75 Å². The average Bonchev–Trinajstić information content (AvgIpc) is 2.61. The molecule has 0 aromatic heterocycles. The van der Waals surface area contributed by atoms with E-state index in [0.29, 0.717) is 19.4 Å². The molecule has 25 heavy (non-hydrogen) atoms. The second-order valence-electron chi connectivity index (χ2n) is 5.42. The second kappa shape index (κ2) is 10.4. The smallest absolute Gasteiger partial charge is 0.240 e. The minimum absolute atomic E-state index is 0.127. The maximum Gasteiger partial charge on any atom is 0.240 e. The standard InChI is InChI=1S/C19H20Br2N2O2/c1-2-14-7-10-18(17(21)12-14)25-11-3-4-19(24)23-22-13-15-5-8-16(20)9-6-15/h5-10,12-13H,2-4,11H2,1H3,(H,23,24)/b22-13+. The van der Waals surface area contributed by atoms with Crippen molar-refractivity contribution in [2.75, 3.05) is 6.61 Å². The Balaban J connectivity index is 1.67. The van der Waals surface area contributed by atoms with E-state index in [9.17, 15) is 4.79 Å². The van der Waals surface area contributed by atoms with Gasteiger partial charge in [-0.2, -0.15) is 5.10 Å². The Morgan fingerprint density at radius 3 is 2.64 bits per heavy atom. The van der Waals surface area contributed by atoms with E-state index in [1.807, 2.05) is 36.4 Å². The SMILES string of the molecule is CCc1ccc(OCCCC(=O)N/N=C/c2ccc(Br)cc2)c(Br)c1. The predicted octanol–water partition coefficient (Wildman–Crippen LogP) is 5.08. The van der Waals surface area contributed by atoms with Gasteiger partial charge in [0.15, 0.2) is 0 Å². The van der Waals surface area contributed by atoms with Crippen LogP contribution in [-0.4, -0.2) is 18.7 Å². The van der Waals surface area contributed by atoms with Gasteiger partial charge in [0.25, 0.3) is 0 Å². The van der Waals surface area contributed by atoms with Crippen LogP contribution in [0.2, 0.25) is 0 Å². The second-order valence-corrected chi connectivity index (χ2v) is 7.19. The molecule has 0 saturated carbocycles. The minimum atomic E-state index is -0.127. The first-order chi connectivity index (χ1) is 12.1. The Morgan fingerprint density at radius 1 is 1.20 bits per heavy atom. The van der Waals surface area contributed by atoms with Crippen molar-refractivity contribution in [3.63, 3.8) is 0 Å². The molecule has 1 N–H and O–H groups in total.